The van der Waals surface area contributed by atoms with Crippen LogP contribution >= 0.6 is 0 Å². The van der Waals surface area contributed by atoms with Crippen molar-refractivity contribution in [2.24, 2.45) is 11.8 Å². The normalized spacial score (nSPS) is 21.8. The van der Waals surface area contributed by atoms with Gasteiger partial charge < -0.3 is 15.2 Å². The van der Waals surface area contributed by atoms with Gasteiger partial charge >= 0.3 is 5.97 Å². The molecule has 2 atom stereocenters. The summed E-state index contributed by atoms with van der Waals surface area (Å²) in [7, 11) is 0. The lowest BCUT2D eigenvalue weighted by atomic mass is 9.66. The van der Waals surface area contributed by atoms with Gasteiger partial charge in [0, 0.05) is 19.2 Å². The van der Waals surface area contributed by atoms with Crippen LogP contribution in [0.3, 0.4) is 0 Å². The SMILES string of the molecule is O=C(O)C(CC1(c2ccc(F)cc2)C=CC(OCc2ccccc2)=CC1=O)C1CNC1. The van der Waals surface area contributed by atoms with E-state index in [1.165, 1.54) is 18.2 Å². The third-order valence-corrected chi connectivity index (χ3v) is 6.09. The van der Waals surface area contributed by atoms with Crippen molar-refractivity contribution in [1.82, 2.24) is 5.32 Å². The van der Waals surface area contributed by atoms with Gasteiger partial charge in [-0.05, 0) is 41.7 Å². The molecule has 1 aliphatic carbocycles. The minimum absolute atomic E-state index is 0.0456. The van der Waals surface area contributed by atoms with Gasteiger partial charge in [0.1, 0.15) is 18.2 Å². The molecule has 1 saturated heterocycles. The van der Waals surface area contributed by atoms with Crippen molar-refractivity contribution >= 4 is 11.8 Å². The van der Waals surface area contributed by atoms with Gasteiger partial charge in [-0.15, -0.1) is 0 Å². The molecule has 0 radical (unpaired) electrons. The highest BCUT2D eigenvalue weighted by Gasteiger charge is 2.45. The molecule has 0 saturated carbocycles. The molecule has 0 spiro atoms. The van der Waals surface area contributed by atoms with Crippen LogP contribution in [0.15, 0.2) is 78.6 Å². The number of ketones is 1. The largest absolute Gasteiger partial charge is 0.489 e. The van der Waals surface area contributed by atoms with E-state index in [1.807, 2.05) is 30.3 Å². The summed E-state index contributed by atoms with van der Waals surface area (Å²) in [4.78, 5) is 25.4. The molecule has 6 heteroatoms. The molecule has 160 valence electrons. The zero-order chi connectivity index (χ0) is 21.8. The van der Waals surface area contributed by atoms with E-state index in [-0.39, 0.29) is 18.1 Å². The average Bonchev–Trinajstić information content (AvgIpc) is 2.73. The van der Waals surface area contributed by atoms with E-state index in [9.17, 15) is 19.1 Å². The molecule has 2 unspecified atom stereocenters. The minimum Gasteiger partial charge on any atom is -0.489 e. The van der Waals surface area contributed by atoms with E-state index in [0.29, 0.717) is 31.0 Å². The number of carbonyl (C=O) groups is 2. The maximum Gasteiger partial charge on any atom is 0.306 e. The summed E-state index contributed by atoms with van der Waals surface area (Å²) >= 11 is 0. The van der Waals surface area contributed by atoms with Gasteiger partial charge in [-0.2, -0.15) is 0 Å². The summed E-state index contributed by atoms with van der Waals surface area (Å²) < 4.78 is 19.3. The first kappa shape index (κ1) is 21.0. The second-order valence-corrected chi connectivity index (χ2v) is 8.06. The predicted molar refractivity (Wildman–Crippen MR) is 114 cm³/mol. The number of ether oxygens (including phenoxy) is 1. The summed E-state index contributed by atoms with van der Waals surface area (Å²) in [5.74, 6) is -1.92. The van der Waals surface area contributed by atoms with Gasteiger partial charge in [-0.3, -0.25) is 9.59 Å². The van der Waals surface area contributed by atoms with E-state index >= 15 is 0 Å². The Morgan fingerprint density at radius 3 is 2.45 bits per heavy atom. The molecular weight excluding hydrogens is 397 g/mol. The molecule has 2 aliphatic rings. The lowest BCUT2D eigenvalue weighted by Gasteiger charge is -2.39. The Balaban J connectivity index is 1.61. The van der Waals surface area contributed by atoms with Crippen molar-refractivity contribution in [3.63, 3.8) is 0 Å². The highest BCUT2D eigenvalue weighted by molar-refractivity contribution is 6.03. The smallest absolute Gasteiger partial charge is 0.306 e. The zero-order valence-electron chi connectivity index (χ0n) is 17.0. The van der Waals surface area contributed by atoms with Crippen molar-refractivity contribution in [1.29, 1.82) is 0 Å². The number of hydrogen-bond acceptors (Lipinski definition) is 4. The molecule has 1 aliphatic heterocycles. The number of halogens is 1. The number of carboxylic acid groups (broad SMARTS) is 1. The number of benzene rings is 2. The molecule has 4 rings (SSSR count). The van der Waals surface area contributed by atoms with Gasteiger partial charge in [0.15, 0.2) is 5.78 Å². The number of carboxylic acids is 1. The molecular formula is C25H24FNO4. The molecule has 1 fully saturated rings. The van der Waals surface area contributed by atoms with Crippen LogP contribution in [0.4, 0.5) is 4.39 Å². The molecule has 31 heavy (non-hydrogen) atoms. The van der Waals surface area contributed by atoms with Crippen LogP contribution in [0.5, 0.6) is 0 Å². The van der Waals surface area contributed by atoms with Crippen LogP contribution in [0, 0.1) is 17.7 Å². The maximum atomic E-state index is 13.5. The van der Waals surface area contributed by atoms with Crippen molar-refractivity contribution in [3.05, 3.63) is 95.5 Å². The number of rotatable bonds is 8. The fraction of sp³-hybridized carbons (Fsp3) is 0.280. The Morgan fingerprint density at radius 2 is 1.87 bits per heavy atom. The van der Waals surface area contributed by atoms with Crippen molar-refractivity contribution in [2.45, 2.75) is 18.4 Å². The molecule has 5 nitrogen and oxygen atoms in total. The van der Waals surface area contributed by atoms with Gasteiger partial charge in [-0.25, -0.2) is 4.39 Å². The summed E-state index contributed by atoms with van der Waals surface area (Å²) in [5.41, 5.74) is 0.376. The first-order valence-electron chi connectivity index (χ1n) is 10.3. The first-order chi connectivity index (χ1) is 15.0. The van der Waals surface area contributed by atoms with Crippen LogP contribution in [-0.2, 0) is 26.3 Å². The minimum atomic E-state index is -1.17. The molecule has 2 aromatic rings. The molecule has 0 aromatic heterocycles. The standard InChI is InChI=1S/C25H24FNO4/c26-20-8-6-19(7-9-20)25(13-22(24(29)30)18-14-27-15-18)11-10-21(12-23(25)28)31-16-17-4-2-1-3-5-17/h1-12,18,22,27H,13-16H2,(H,29,30). The van der Waals surface area contributed by atoms with Crippen molar-refractivity contribution in [3.8, 4) is 0 Å². The molecule has 0 bridgehead atoms. The van der Waals surface area contributed by atoms with Gasteiger partial charge in [0.2, 0.25) is 0 Å². The molecule has 0 amide bonds. The topological polar surface area (TPSA) is 75.6 Å². The second-order valence-electron chi connectivity index (χ2n) is 8.06. The molecule has 2 N–H and O–H groups in total. The Kier molecular flexibility index (Phi) is 6.00. The monoisotopic (exact) mass is 421 g/mol. The lowest BCUT2D eigenvalue weighted by molar-refractivity contribution is -0.145. The molecule has 2 aromatic carbocycles. The van der Waals surface area contributed by atoms with Gasteiger partial charge in [-0.1, -0.05) is 48.5 Å². The fourth-order valence-electron chi connectivity index (χ4n) is 4.11. The Morgan fingerprint density at radius 1 is 1.16 bits per heavy atom. The number of aliphatic carboxylic acids is 1. The quantitative estimate of drug-likeness (QED) is 0.681. The molecule has 1 heterocycles. The van der Waals surface area contributed by atoms with Crippen molar-refractivity contribution in [2.75, 3.05) is 13.1 Å². The number of hydrogen-bond donors (Lipinski definition) is 2. The number of carbonyl (C=O) groups excluding carboxylic acids is 1. The zero-order valence-corrected chi connectivity index (χ0v) is 17.0. The van der Waals surface area contributed by atoms with Gasteiger partial charge in [0.05, 0.1) is 11.3 Å². The van der Waals surface area contributed by atoms with E-state index in [2.05, 4.69) is 5.32 Å². The second kappa shape index (κ2) is 8.86. The maximum absolute atomic E-state index is 13.5. The number of nitrogens with one attached hydrogen (secondary N) is 1. The lowest BCUT2D eigenvalue weighted by Crippen LogP contribution is -2.51. The summed E-state index contributed by atoms with van der Waals surface area (Å²) in [6.45, 7) is 1.53. The predicted octanol–water partition coefficient (Wildman–Crippen LogP) is 3.61. The van der Waals surface area contributed by atoms with Crippen LogP contribution < -0.4 is 5.32 Å². The van der Waals surface area contributed by atoms with Crippen LogP contribution in [0.25, 0.3) is 0 Å². The Labute approximate surface area is 180 Å². The first-order valence-corrected chi connectivity index (χ1v) is 10.3. The summed E-state index contributed by atoms with van der Waals surface area (Å²) in [6.07, 6.45) is 4.96. The summed E-state index contributed by atoms with van der Waals surface area (Å²) in [6, 6.07) is 15.3. The fourth-order valence-corrected chi connectivity index (χ4v) is 4.11. The van der Waals surface area contributed by atoms with Gasteiger partial charge in [0.25, 0.3) is 0 Å². The third kappa shape index (κ3) is 4.44. The van der Waals surface area contributed by atoms with Crippen LogP contribution in [0.2, 0.25) is 0 Å². The van der Waals surface area contributed by atoms with E-state index in [1.54, 1.807) is 24.3 Å². The van der Waals surface area contributed by atoms with Crippen LogP contribution in [0.1, 0.15) is 17.5 Å². The van der Waals surface area contributed by atoms with E-state index < -0.39 is 23.1 Å². The Bertz CT molecular complexity index is 1010. The Hall–Kier alpha value is -3.25. The van der Waals surface area contributed by atoms with E-state index in [4.69, 9.17) is 4.74 Å². The summed E-state index contributed by atoms with van der Waals surface area (Å²) in [5, 5.41) is 12.9. The highest BCUT2D eigenvalue weighted by atomic mass is 19.1. The highest BCUT2D eigenvalue weighted by Crippen LogP contribution is 2.40. The number of allylic oxidation sites excluding steroid dienone is 3. The van der Waals surface area contributed by atoms with E-state index in [0.717, 1.165) is 5.56 Å². The van der Waals surface area contributed by atoms with Crippen molar-refractivity contribution < 1.29 is 23.8 Å². The van der Waals surface area contributed by atoms with Crippen LogP contribution in [-0.4, -0.2) is 29.9 Å². The average molecular weight is 421 g/mol. The third-order valence-electron chi connectivity index (χ3n) is 6.09.